The van der Waals surface area contributed by atoms with Crippen LogP contribution in [-0.2, 0) is 6.54 Å². The third-order valence-corrected chi connectivity index (χ3v) is 5.58. The van der Waals surface area contributed by atoms with Crippen LogP contribution in [0.4, 0.5) is 17.6 Å². The van der Waals surface area contributed by atoms with Crippen molar-refractivity contribution in [1.29, 1.82) is 0 Å². The molecule has 0 amide bonds. The van der Waals surface area contributed by atoms with Crippen LogP contribution in [0.25, 0.3) is 0 Å². The number of aliphatic imine (C=N–C) groups is 2. The lowest BCUT2D eigenvalue weighted by molar-refractivity contribution is -0.0577. The SMILES string of the molecule is CCCN(CC(C)/C=C\C(=NC)C(F)(F)F)C1N=CNC(NCc2ccc(SC)cn2)=C1F. The van der Waals surface area contributed by atoms with Gasteiger partial charge in [-0.05, 0) is 36.8 Å². The van der Waals surface area contributed by atoms with Crippen LogP contribution in [0, 0.1) is 5.92 Å². The van der Waals surface area contributed by atoms with Gasteiger partial charge in [0.25, 0.3) is 0 Å². The zero-order valence-corrected chi connectivity index (χ0v) is 20.0. The number of nitrogens with one attached hydrogen (secondary N) is 2. The molecule has 0 radical (unpaired) electrons. The molecule has 0 saturated heterocycles. The maximum Gasteiger partial charge on any atom is 0.432 e. The Morgan fingerprint density at radius 3 is 2.73 bits per heavy atom. The first-order valence-corrected chi connectivity index (χ1v) is 11.8. The number of hydrogen-bond acceptors (Lipinski definition) is 7. The highest BCUT2D eigenvalue weighted by molar-refractivity contribution is 7.98. The van der Waals surface area contributed by atoms with E-state index in [0.717, 1.165) is 30.1 Å². The van der Waals surface area contributed by atoms with Crippen LogP contribution in [0.5, 0.6) is 0 Å². The Hall–Kier alpha value is -2.40. The standard InChI is InChI=1S/C22H30F4N6S/c1-5-10-32(13-15(2)6-9-18(27-3)22(24,25)26)21-19(23)20(30-14-31-21)29-11-16-7-8-17(33-4)12-28-16/h6-9,12,14-15,21,29H,5,10-11,13H2,1-4H3,(H,30,31)/b9-6-,27-18?. The van der Waals surface area contributed by atoms with E-state index < -0.39 is 23.9 Å². The monoisotopic (exact) mass is 486 g/mol. The van der Waals surface area contributed by atoms with Crippen molar-refractivity contribution in [2.45, 2.75) is 44.1 Å². The second kappa shape index (κ2) is 12.7. The number of rotatable bonds is 11. The smallest absolute Gasteiger partial charge is 0.364 e. The number of pyridine rings is 1. The molecule has 1 aromatic rings. The molecule has 2 N–H and O–H groups in total. The van der Waals surface area contributed by atoms with Crippen LogP contribution in [-0.4, -0.2) is 60.7 Å². The predicted octanol–water partition coefficient (Wildman–Crippen LogP) is 4.53. The summed E-state index contributed by atoms with van der Waals surface area (Å²) in [5.74, 6) is -0.550. The fourth-order valence-electron chi connectivity index (χ4n) is 3.22. The van der Waals surface area contributed by atoms with Gasteiger partial charge in [0.15, 0.2) is 12.0 Å². The van der Waals surface area contributed by atoms with E-state index >= 15 is 4.39 Å². The highest BCUT2D eigenvalue weighted by Gasteiger charge is 2.33. The summed E-state index contributed by atoms with van der Waals surface area (Å²) in [6.07, 6.45) is 2.92. The molecule has 33 heavy (non-hydrogen) atoms. The summed E-state index contributed by atoms with van der Waals surface area (Å²) in [4.78, 5) is 14.7. The summed E-state index contributed by atoms with van der Waals surface area (Å²) in [6.45, 7) is 4.92. The summed E-state index contributed by atoms with van der Waals surface area (Å²) < 4.78 is 53.9. The van der Waals surface area contributed by atoms with E-state index in [1.165, 1.54) is 12.4 Å². The second-order valence-electron chi connectivity index (χ2n) is 7.50. The molecule has 1 aromatic heterocycles. The second-order valence-corrected chi connectivity index (χ2v) is 8.38. The third kappa shape index (κ3) is 8.15. The molecule has 6 nitrogen and oxygen atoms in total. The molecular weight excluding hydrogens is 456 g/mol. The summed E-state index contributed by atoms with van der Waals surface area (Å²) in [5, 5.41) is 5.82. The minimum atomic E-state index is -4.51. The van der Waals surface area contributed by atoms with Crippen molar-refractivity contribution in [3.8, 4) is 0 Å². The van der Waals surface area contributed by atoms with Gasteiger partial charge < -0.3 is 10.6 Å². The molecule has 1 aliphatic heterocycles. The molecule has 2 rings (SSSR count). The molecule has 0 spiro atoms. The molecule has 0 bridgehead atoms. The molecule has 0 aromatic carbocycles. The van der Waals surface area contributed by atoms with Crippen LogP contribution in [0.2, 0.25) is 0 Å². The summed E-state index contributed by atoms with van der Waals surface area (Å²) >= 11 is 1.59. The molecule has 1 aliphatic rings. The Morgan fingerprint density at radius 1 is 1.39 bits per heavy atom. The number of thioether (sulfide) groups is 1. The molecule has 0 aliphatic carbocycles. The molecule has 182 valence electrons. The van der Waals surface area contributed by atoms with Crippen molar-refractivity contribution in [2.75, 3.05) is 26.4 Å². The first-order chi connectivity index (χ1) is 15.7. The van der Waals surface area contributed by atoms with Gasteiger partial charge in [0.05, 0.1) is 18.6 Å². The van der Waals surface area contributed by atoms with Crippen LogP contribution >= 0.6 is 11.8 Å². The van der Waals surface area contributed by atoms with Crippen molar-refractivity contribution < 1.29 is 17.6 Å². The quantitative estimate of drug-likeness (QED) is 0.273. The first-order valence-electron chi connectivity index (χ1n) is 10.6. The first kappa shape index (κ1) is 26.8. The van der Waals surface area contributed by atoms with Crippen molar-refractivity contribution in [3.05, 3.63) is 47.8 Å². The lowest BCUT2D eigenvalue weighted by Crippen LogP contribution is -2.43. The summed E-state index contributed by atoms with van der Waals surface area (Å²) in [6, 6.07) is 3.82. The Labute approximate surface area is 196 Å². The van der Waals surface area contributed by atoms with Gasteiger partial charge in [0.2, 0.25) is 0 Å². The Balaban J connectivity index is 2.08. The topological polar surface area (TPSA) is 64.9 Å². The van der Waals surface area contributed by atoms with Crippen LogP contribution < -0.4 is 10.6 Å². The van der Waals surface area contributed by atoms with E-state index in [2.05, 4.69) is 25.6 Å². The average Bonchev–Trinajstić information content (AvgIpc) is 2.78. The fraction of sp³-hybridized carbons (Fsp3) is 0.500. The van der Waals surface area contributed by atoms with Crippen molar-refractivity contribution in [2.24, 2.45) is 15.9 Å². The third-order valence-electron chi connectivity index (χ3n) is 4.86. The predicted molar refractivity (Wildman–Crippen MR) is 126 cm³/mol. The van der Waals surface area contributed by atoms with E-state index in [9.17, 15) is 13.2 Å². The van der Waals surface area contributed by atoms with E-state index in [1.54, 1.807) is 24.9 Å². The van der Waals surface area contributed by atoms with Gasteiger partial charge >= 0.3 is 6.18 Å². The number of nitrogens with zero attached hydrogens (tertiary/aromatic N) is 4. The minimum absolute atomic E-state index is 0.201. The maximum atomic E-state index is 15.3. The van der Waals surface area contributed by atoms with Gasteiger partial charge in [-0.2, -0.15) is 13.2 Å². The Kier molecular flexibility index (Phi) is 10.4. The number of alkyl halides is 3. The highest BCUT2D eigenvalue weighted by Crippen LogP contribution is 2.22. The molecule has 11 heteroatoms. The Bertz CT molecular complexity index is 880. The van der Waals surface area contributed by atoms with Crippen LogP contribution in [0.1, 0.15) is 26.0 Å². The van der Waals surface area contributed by atoms with E-state index in [1.807, 2.05) is 30.2 Å². The number of aromatic nitrogens is 1. The van der Waals surface area contributed by atoms with Gasteiger partial charge in [-0.15, -0.1) is 11.8 Å². The van der Waals surface area contributed by atoms with E-state index in [-0.39, 0.29) is 11.7 Å². The maximum absolute atomic E-state index is 15.3. The molecular formula is C22H30F4N6S. The van der Waals surface area contributed by atoms with E-state index in [0.29, 0.717) is 19.6 Å². The number of halogens is 4. The molecule has 0 saturated carbocycles. The number of hydrogen-bond donors (Lipinski definition) is 2. The fourth-order valence-corrected chi connectivity index (χ4v) is 3.59. The van der Waals surface area contributed by atoms with Crippen molar-refractivity contribution in [3.63, 3.8) is 0 Å². The molecule has 2 heterocycles. The van der Waals surface area contributed by atoms with Gasteiger partial charge in [0.1, 0.15) is 11.5 Å². The zero-order chi connectivity index (χ0) is 24.4. The molecule has 2 atom stereocenters. The Morgan fingerprint density at radius 2 is 2.15 bits per heavy atom. The molecule has 0 fully saturated rings. The van der Waals surface area contributed by atoms with Gasteiger partial charge in [-0.3, -0.25) is 14.9 Å². The van der Waals surface area contributed by atoms with Gasteiger partial charge in [-0.1, -0.05) is 19.9 Å². The van der Waals surface area contributed by atoms with Gasteiger partial charge in [-0.25, -0.2) is 9.38 Å². The lowest BCUT2D eigenvalue weighted by atomic mass is 10.1. The number of allylic oxidation sites excluding steroid dienone is 1. The van der Waals surface area contributed by atoms with Gasteiger partial charge in [0, 0.05) is 31.2 Å². The lowest BCUT2D eigenvalue weighted by Gasteiger charge is -2.32. The van der Waals surface area contributed by atoms with E-state index in [4.69, 9.17) is 0 Å². The normalized spacial score (nSPS) is 18.2. The molecule has 2 unspecified atom stereocenters. The van der Waals surface area contributed by atoms with Crippen molar-refractivity contribution >= 4 is 23.8 Å². The average molecular weight is 487 g/mol. The minimum Gasteiger partial charge on any atom is -0.364 e. The van der Waals surface area contributed by atoms with Crippen molar-refractivity contribution in [1.82, 2.24) is 20.5 Å². The highest BCUT2D eigenvalue weighted by atomic mass is 32.2. The largest absolute Gasteiger partial charge is 0.432 e. The van der Waals surface area contributed by atoms with Crippen LogP contribution in [0.15, 0.2) is 57.0 Å². The van der Waals surface area contributed by atoms with Crippen LogP contribution in [0.3, 0.4) is 0 Å². The summed E-state index contributed by atoms with van der Waals surface area (Å²) in [5.41, 5.74) is -0.191. The zero-order valence-electron chi connectivity index (χ0n) is 19.2. The summed E-state index contributed by atoms with van der Waals surface area (Å²) in [7, 11) is 1.10.